The number of Topliss-reactive ketones (excluding diaryl/α,β-unsaturated/α-hetero) is 1. The number of carbonyl (C=O) groups excluding carboxylic acids is 1. The van der Waals surface area contributed by atoms with E-state index >= 15 is 4.39 Å². The van der Waals surface area contributed by atoms with Crippen LogP contribution in [0.1, 0.15) is 17.3 Å². The van der Waals surface area contributed by atoms with Gasteiger partial charge < -0.3 is 14.6 Å². The molecule has 2 aromatic carbocycles. The average molecular weight is 393 g/mol. The van der Waals surface area contributed by atoms with Crippen molar-refractivity contribution in [3.05, 3.63) is 47.5 Å². The fourth-order valence-corrected chi connectivity index (χ4v) is 3.76. The summed E-state index contributed by atoms with van der Waals surface area (Å²) in [5, 5.41) is 9.23. The number of benzene rings is 2. The van der Waals surface area contributed by atoms with Gasteiger partial charge in [-0.25, -0.2) is 8.78 Å². The summed E-state index contributed by atoms with van der Waals surface area (Å²) in [7, 11) is 0. The normalized spacial score (nSPS) is 17.6. The van der Waals surface area contributed by atoms with Crippen LogP contribution in [-0.4, -0.2) is 40.8 Å². The highest BCUT2D eigenvalue weighted by atomic mass is 32.2. The Bertz CT molecular complexity index is 915. The molecule has 3 rings (SSSR count). The highest BCUT2D eigenvalue weighted by Gasteiger charge is 2.39. The van der Waals surface area contributed by atoms with E-state index in [4.69, 9.17) is 0 Å². The third-order valence-electron chi connectivity index (χ3n) is 4.65. The standard InChI is InChI=1S/C19H17F2NO4S/c1-3-22-9-13(19(24)25)18(23)12-8-14(20)15(16(21)17(12)22)10-4-6-11(7-5-10)27(2)26/h4-8,13H,3,9H2,1-2H3,(H,24,25). The molecule has 1 aliphatic heterocycles. The molecule has 2 unspecified atom stereocenters. The molecule has 0 aliphatic carbocycles. The lowest BCUT2D eigenvalue weighted by Gasteiger charge is -2.33. The minimum Gasteiger partial charge on any atom is -0.612 e. The smallest absolute Gasteiger partial charge is 0.316 e. The largest absolute Gasteiger partial charge is 0.612 e. The van der Waals surface area contributed by atoms with Gasteiger partial charge >= 0.3 is 5.97 Å². The maximum atomic E-state index is 15.3. The molecular formula is C19H17F2NO4S. The van der Waals surface area contributed by atoms with Crippen molar-refractivity contribution in [2.24, 2.45) is 5.92 Å². The van der Waals surface area contributed by atoms with Crippen molar-refractivity contribution in [1.29, 1.82) is 0 Å². The van der Waals surface area contributed by atoms with Gasteiger partial charge in [0.25, 0.3) is 0 Å². The number of halogens is 2. The van der Waals surface area contributed by atoms with Crippen LogP contribution in [0.15, 0.2) is 35.2 Å². The van der Waals surface area contributed by atoms with Crippen LogP contribution >= 0.6 is 0 Å². The number of carboxylic acid groups (broad SMARTS) is 1. The number of hydrogen-bond donors (Lipinski definition) is 1. The third kappa shape index (κ3) is 3.30. The van der Waals surface area contributed by atoms with Crippen molar-refractivity contribution >= 4 is 28.6 Å². The summed E-state index contributed by atoms with van der Waals surface area (Å²) in [6, 6.07) is 6.87. The molecule has 0 radical (unpaired) electrons. The molecule has 27 heavy (non-hydrogen) atoms. The summed E-state index contributed by atoms with van der Waals surface area (Å²) < 4.78 is 41.4. The molecule has 0 amide bonds. The quantitative estimate of drug-likeness (QED) is 0.638. The van der Waals surface area contributed by atoms with E-state index in [-0.39, 0.29) is 35.5 Å². The van der Waals surface area contributed by atoms with Crippen molar-refractivity contribution in [3.8, 4) is 11.1 Å². The summed E-state index contributed by atoms with van der Waals surface area (Å²) in [6.45, 7) is 1.79. The monoisotopic (exact) mass is 393 g/mol. The Labute approximate surface area is 157 Å². The summed E-state index contributed by atoms with van der Waals surface area (Å²) in [6.07, 6.45) is 1.50. The molecule has 0 spiro atoms. The number of aliphatic carboxylic acids is 1. The molecule has 0 fully saturated rings. The zero-order valence-corrected chi connectivity index (χ0v) is 15.5. The zero-order valence-electron chi connectivity index (χ0n) is 14.7. The number of nitrogens with zero attached hydrogens (tertiary/aromatic N) is 1. The lowest BCUT2D eigenvalue weighted by atomic mass is 9.88. The maximum Gasteiger partial charge on any atom is 0.316 e. The predicted molar refractivity (Wildman–Crippen MR) is 97.5 cm³/mol. The van der Waals surface area contributed by atoms with Gasteiger partial charge in [0.05, 0.1) is 11.3 Å². The summed E-state index contributed by atoms with van der Waals surface area (Å²) in [5.74, 6) is -5.34. The number of rotatable bonds is 4. The van der Waals surface area contributed by atoms with Gasteiger partial charge in [0, 0.05) is 18.7 Å². The van der Waals surface area contributed by atoms with E-state index in [9.17, 15) is 23.6 Å². The molecule has 0 saturated carbocycles. The van der Waals surface area contributed by atoms with Gasteiger partial charge in [-0.3, -0.25) is 9.59 Å². The van der Waals surface area contributed by atoms with Gasteiger partial charge in [0.15, 0.2) is 16.5 Å². The molecule has 142 valence electrons. The van der Waals surface area contributed by atoms with Gasteiger partial charge in [-0.15, -0.1) is 0 Å². The molecule has 2 aromatic rings. The topological polar surface area (TPSA) is 80.7 Å². The van der Waals surface area contributed by atoms with Gasteiger partial charge in [0.2, 0.25) is 0 Å². The second kappa shape index (κ2) is 7.28. The van der Waals surface area contributed by atoms with Crippen LogP contribution in [0.4, 0.5) is 14.5 Å². The van der Waals surface area contributed by atoms with E-state index in [1.54, 1.807) is 6.92 Å². The van der Waals surface area contributed by atoms with E-state index in [0.717, 1.165) is 6.07 Å². The Kier molecular flexibility index (Phi) is 5.21. The first-order valence-electron chi connectivity index (χ1n) is 8.24. The minimum absolute atomic E-state index is 0.0838. The highest BCUT2D eigenvalue weighted by molar-refractivity contribution is 7.90. The van der Waals surface area contributed by atoms with Crippen LogP contribution in [0.5, 0.6) is 0 Å². The Morgan fingerprint density at radius 2 is 1.96 bits per heavy atom. The Balaban J connectivity index is 2.17. The van der Waals surface area contributed by atoms with Crippen molar-refractivity contribution in [2.45, 2.75) is 11.8 Å². The zero-order chi connectivity index (χ0) is 19.9. The van der Waals surface area contributed by atoms with Crippen LogP contribution in [0.3, 0.4) is 0 Å². The fraction of sp³-hybridized carbons (Fsp3) is 0.263. The van der Waals surface area contributed by atoms with Crippen molar-refractivity contribution < 1.29 is 28.0 Å². The second-order valence-electron chi connectivity index (χ2n) is 6.22. The summed E-state index contributed by atoms with van der Waals surface area (Å²) in [5.41, 5.74) is -0.409. The summed E-state index contributed by atoms with van der Waals surface area (Å²) in [4.78, 5) is 25.7. The number of anilines is 1. The Morgan fingerprint density at radius 1 is 1.33 bits per heavy atom. The van der Waals surface area contributed by atoms with E-state index in [0.29, 0.717) is 4.90 Å². The van der Waals surface area contributed by atoms with Crippen molar-refractivity contribution in [3.63, 3.8) is 0 Å². The Hall–Kier alpha value is -2.45. The van der Waals surface area contributed by atoms with Crippen LogP contribution in [0, 0.1) is 17.6 Å². The van der Waals surface area contributed by atoms with Gasteiger partial charge in [0.1, 0.15) is 18.0 Å². The van der Waals surface area contributed by atoms with Crippen molar-refractivity contribution in [1.82, 2.24) is 0 Å². The minimum atomic E-state index is -1.36. The fourth-order valence-electron chi connectivity index (χ4n) is 3.24. The van der Waals surface area contributed by atoms with E-state index < -0.39 is 40.5 Å². The lowest BCUT2D eigenvalue weighted by Crippen LogP contribution is -2.43. The highest BCUT2D eigenvalue weighted by Crippen LogP contribution is 2.39. The van der Waals surface area contributed by atoms with E-state index in [2.05, 4.69) is 0 Å². The lowest BCUT2D eigenvalue weighted by molar-refractivity contribution is -0.139. The average Bonchev–Trinajstić information content (AvgIpc) is 2.62. The number of fused-ring (bicyclic) bond motifs is 1. The first kappa shape index (κ1) is 19.3. The van der Waals surface area contributed by atoms with Gasteiger partial charge in [-0.1, -0.05) is 0 Å². The Morgan fingerprint density at radius 3 is 2.48 bits per heavy atom. The van der Waals surface area contributed by atoms with Crippen LogP contribution in [0.2, 0.25) is 0 Å². The molecule has 0 bridgehead atoms. The predicted octanol–water partition coefficient (Wildman–Crippen LogP) is 3.09. The molecule has 1 N–H and O–H groups in total. The first-order valence-corrected chi connectivity index (χ1v) is 9.79. The third-order valence-corrected chi connectivity index (χ3v) is 5.58. The maximum absolute atomic E-state index is 15.3. The number of carbonyl (C=O) groups is 2. The second-order valence-corrected chi connectivity index (χ2v) is 7.60. The van der Waals surface area contributed by atoms with Crippen LogP contribution in [-0.2, 0) is 16.0 Å². The summed E-state index contributed by atoms with van der Waals surface area (Å²) >= 11 is -1.22. The van der Waals surface area contributed by atoms with Crippen LogP contribution < -0.4 is 4.90 Å². The molecule has 0 saturated heterocycles. The molecular weight excluding hydrogens is 376 g/mol. The number of carboxylic acids is 1. The first-order chi connectivity index (χ1) is 12.8. The molecule has 0 aromatic heterocycles. The molecule has 1 aliphatic rings. The molecule has 1 heterocycles. The van der Waals surface area contributed by atoms with Gasteiger partial charge in [-0.2, -0.15) is 0 Å². The number of ketones is 1. The number of hydrogen-bond acceptors (Lipinski definition) is 4. The van der Waals surface area contributed by atoms with Gasteiger partial charge in [-0.05, 0) is 54.0 Å². The SMILES string of the molecule is CCN1CC(C(=O)O)C(=O)c2cc(F)c(-c3ccc([S+](C)[O-])cc3)c(F)c21. The molecule has 2 atom stereocenters. The molecule has 8 heteroatoms. The molecule has 5 nitrogen and oxygen atoms in total. The van der Waals surface area contributed by atoms with E-state index in [1.165, 1.54) is 35.4 Å². The van der Waals surface area contributed by atoms with Crippen LogP contribution in [0.25, 0.3) is 11.1 Å². The van der Waals surface area contributed by atoms with E-state index in [1.807, 2.05) is 0 Å². The van der Waals surface area contributed by atoms with Crippen molar-refractivity contribution in [2.75, 3.05) is 24.2 Å².